The van der Waals surface area contributed by atoms with Crippen LogP contribution in [0.1, 0.15) is 11.3 Å². The topological polar surface area (TPSA) is 41.0 Å². The number of para-hydroxylation sites is 1. The molecule has 2 aromatic heterocycles. The van der Waals surface area contributed by atoms with Crippen LogP contribution in [0, 0.1) is 5.82 Å². The maximum Gasteiger partial charge on any atom is 0.141 e. The van der Waals surface area contributed by atoms with Crippen LogP contribution in [0.15, 0.2) is 65.2 Å². The minimum absolute atomic E-state index is 0. The van der Waals surface area contributed by atoms with Gasteiger partial charge in [-0.2, -0.15) is 0 Å². The van der Waals surface area contributed by atoms with Crippen molar-refractivity contribution in [3.05, 3.63) is 83.0 Å². The normalized spacial score (nSPS) is 10.9. The summed E-state index contributed by atoms with van der Waals surface area (Å²) in [5.41, 5.74) is 3.23. The zero-order valence-corrected chi connectivity index (χ0v) is 16.0. The van der Waals surface area contributed by atoms with Gasteiger partial charge in [0.05, 0.1) is 11.6 Å². The molecule has 2 heterocycles. The molecule has 0 unspecified atom stereocenters. The minimum atomic E-state index is -0.429. The summed E-state index contributed by atoms with van der Waals surface area (Å²) < 4.78 is 19.1. The molecule has 0 bridgehead atoms. The Balaban J connectivity index is 0.00000210. The number of H-pyrrole nitrogens is 1. The van der Waals surface area contributed by atoms with Crippen LogP contribution in [0.5, 0.6) is 0 Å². The summed E-state index contributed by atoms with van der Waals surface area (Å²) in [5, 5.41) is 4.76. The van der Waals surface area contributed by atoms with Crippen molar-refractivity contribution in [1.29, 1.82) is 0 Å². The van der Waals surface area contributed by atoms with E-state index in [9.17, 15) is 4.39 Å². The smallest absolute Gasteiger partial charge is 0.141 e. The first kappa shape index (κ1) is 19.5. The van der Waals surface area contributed by atoms with Crippen LogP contribution in [-0.4, -0.2) is 11.5 Å². The van der Waals surface area contributed by atoms with Crippen molar-refractivity contribution in [2.45, 2.75) is 13.0 Å². The molecule has 6 heteroatoms. The molecule has 0 fully saturated rings. The molecule has 0 saturated heterocycles. The third-order valence-electron chi connectivity index (χ3n) is 4.41. The van der Waals surface area contributed by atoms with E-state index >= 15 is 0 Å². The summed E-state index contributed by atoms with van der Waals surface area (Å²) in [5.74, 6) is 1.08. The maximum atomic E-state index is 13.3. The Kier molecular flexibility index (Phi) is 6.22. The molecule has 0 amide bonds. The zero-order chi connectivity index (χ0) is 17.9. The fourth-order valence-corrected chi connectivity index (χ4v) is 3.23. The quantitative estimate of drug-likeness (QED) is 0.388. The maximum absolute atomic E-state index is 13.3. The van der Waals surface area contributed by atoms with Crippen LogP contribution in [0.4, 0.5) is 4.39 Å². The molecule has 4 rings (SSSR count). The van der Waals surface area contributed by atoms with Crippen molar-refractivity contribution < 1.29 is 8.81 Å². The van der Waals surface area contributed by atoms with Gasteiger partial charge in [0, 0.05) is 22.7 Å². The number of furan rings is 1. The van der Waals surface area contributed by atoms with Crippen molar-refractivity contribution in [2.24, 2.45) is 0 Å². The van der Waals surface area contributed by atoms with Crippen molar-refractivity contribution in [3.8, 4) is 11.3 Å². The molecule has 0 radical (unpaired) electrons. The molecule has 3 nitrogen and oxygen atoms in total. The van der Waals surface area contributed by atoms with Crippen molar-refractivity contribution in [1.82, 2.24) is 10.3 Å². The third kappa shape index (κ3) is 4.35. The Morgan fingerprint density at radius 2 is 1.93 bits per heavy atom. The molecule has 140 valence electrons. The molecule has 0 aliphatic rings. The monoisotopic (exact) mass is 404 g/mol. The lowest BCUT2D eigenvalue weighted by molar-refractivity contribution is 0.495. The fraction of sp³-hybridized carbons (Fsp3) is 0.143. The summed E-state index contributed by atoms with van der Waals surface area (Å²) >= 11 is 5.83. The number of benzene rings is 2. The average molecular weight is 405 g/mol. The van der Waals surface area contributed by atoms with Crippen LogP contribution < -0.4 is 5.32 Å². The van der Waals surface area contributed by atoms with E-state index in [2.05, 4.69) is 34.7 Å². The molecule has 2 aromatic carbocycles. The Morgan fingerprint density at radius 3 is 2.78 bits per heavy atom. The summed E-state index contributed by atoms with van der Waals surface area (Å²) in [7, 11) is 0. The number of rotatable bonds is 6. The largest absolute Gasteiger partial charge is 0.460 e. The van der Waals surface area contributed by atoms with Gasteiger partial charge in [-0.1, -0.05) is 29.8 Å². The second-order valence-corrected chi connectivity index (χ2v) is 6.59. The van der Waals surface area contributed by atoms with Crippen LogP contribution >= 0.6 is 24.0 Å². The first-order valence-electron chi connectivity index (χ1n) is 8.50. The van der Waals surface area contributed by atoms with Gasteiger partial charge in [0.25, 0.3) is 0 Å². The second kappa shape index (κ2) is 8.61. The number of halogens is 3. The SMILES string of the molecule is Cl.Fc1ccc(-c2ccc(CNCCc3c[nH]c4ccccc34)o2)cc1Cl. The lowest BCUT2D eigenvalue weighted by atomic mass is 10.1. The van der Waals surface area contributed by atoms with Crippen molar-refractivity contribution in [3.63, 3.8) is 0 Å². The highest BCUT2D eigenvalue weighted by molar-refractivity contribution is 6.31. The summed E-state index contributed by atoms with van der Waals surface area (Å²) in [6, 6.07) is 16.7. The van der Waals surface area contributed by atoms with Gasteiger partial charge in [-0.15, -0.1) is 12.4 Å². The van der Waals surface area contributed by atoms with E-state index in [0.717, 1.165) is 29.8 Å². The van der Waals surface area contributed by atoms with Gasteiger partial charge in [-0.3, -0.25) is 0 Å². The predicted octanol–water partition coefficient (Wildman–Crippen LogP) is 5.97. The molecular weight excluding hydrogens is 386 g/mol. The number of aromatic nitrogens is 1. The second-order valence-electron chi connectivity index (χ2n) is 6.18. The Bertz CT molecular complexity index is 1040. The molecule has 0 saturated carbocycles. The summed E-state index contributed by atoms with van der Waals surface area (Å²) in [4.78, 5) is 3.29. The zero-order valence-electron chi connectivity index (χ0n) is 14.5. The van der Waals surface area contributed by atoms with Gasteiger partial charge in [0.15, 0.2) is 0 Å². The number of aromatic amines is 1. The minimum Gasteiger partial charge on any atom is -0.460 e. The first-order chi connectivity index (χ1) is 12.7. The highest BCUT2D eigenvalue weighted by Gasteiger charge is 2.08. The molecule has 0 spiro atoms. The highest BCUT2D eigenvalue weighted by Crippen LogP contribution is 2.26. The molecule has 4 aromatic rings. The van der Waals surface area contributed by atoms with Gasteiger partial charge in [0.1, 0.15) is 17.3 Å². The number of nitrogens with one attached hydrogen (secondary N) is 2. The predicted molar refractivity (Wildman–Crippen MR) is 110 cm³/mol. The van der Waals surface area contributed by atoms with Gasteiger partial charge < -0.3 is 14.7 Å². The van der Waals surface area contributed by atoms with Crippen molar-refractivity contribution >= 4 is 34.9 Å². The third-order valence-corrected chi connectivity index (χ3v) is 4.70. The first-order valence-corrected chi connectivity index (χ1v) is 8.88. The Hall–Kier alpha value is -2.27. The standard InChI is InChI=1S/C21H18ClFN2O.ClH/c22-18-11-14(5-7-19(18)23)21-8-6-16(26-21)13-24-10-9-15-12-25-20-4-2-1-3-17(15)20;/h1-8,11-12,24-25H,9-10,13H2;1H. The number of fused-ring (bicyclic) bond motifs is 1. The van der Waals surface area contributed by atoms with Gasteiger partial charge in [-0.25, -0.2) is 4.39 Å². The molecule has 0 aliphatic carbocycles. The van der Waals surface area contributed by atoms with Gasteiger partial charge >= 0.3 is 0 Å². The fourth-order valence-electron chi connectivity index (χ4n) is 3.05. The van der Waals surface area contributed by atoms with Gasteiger partial charge in [0.2, 0.25) is 0 Å². The van der Waals surface area contributed by atoms with Crippen molar-refractivity contribution in [2.75, 3.05) is 6.54 Å². The highest BCUT2D eigenvalue weighted by atomic mass is 35.5. The molecule has 0 aliphatic heterocycles. The molecule has 27 heavy (non-hydrogen) atoms. The van der Waals surface area contributed by atoms with E-state index in [1.807, 2.05) is 18.2 Å². The lowest BCUT2D eigenvalue weighted by Crippen LogP contribution is -2.16. The summed E-state index contributed by atoms with van der Waals surface area (Å²) in [6.07, 6.45) is 3.00. The van der Waals surface area contributed by atoms with E-state index < -0.39 is 5.82 Å². The van der Waals surface area contributed by atoms with E-state index in [4.69, 9.17) is 16.0 Å². The van der Waals surface area contributed by atoms with Crippen LogP contribution in [0.2, 0.25) is 5.02 Å². The van der Waals surface area contributed by atoms with Crippen LogP contribution in [-0.2, 0) is 13.0 Å². The van der Waals surface area contributed by atoms with Crippen LogP contribution in [0.25, 0.3) is 22.2 Å². The number of hydrogen-bond acceptors (Lipinski definition) is 2. The number of hydrogen-bond donors (Lipinski definition) is 2. The van der Waals surface area contributed by atoms with E-state index in [1.54, 1.807) is 12.1 Å². The average Bonchev–Trinajstić information content (AvgIpc) is 3.28. The molecular formula is C21H19Cl2FN2O. The summed E-state index contributed by atoms with van der Waals surface area (Å²) in [6.45, 7) is 1.48. The van der Waals surface area contributed by atoms with E-state index in [0.29, 0.717) is 12.3 Å². The molecule has 0 atom stereocenters. The molecule has 2 N–H and O–H groups in total. The Labute approximate surface area is 167 Å². The van der Waals surface area contributed by atoms with Crippen LogP contribution in [0.3, 0.4) is 0 Å². The van der Waals surface area contributed by atoms with E-state index in [1.165, 1.54) is 17.0 Å². The van der Waals surface area contributed by atoms with E-state index in [-0.39, 0.29) is 17.4 Å². The van der Waals surface area contributed by atoms with Gasteiger partial charge in [-0.05, 0) is 54.9 Å². The lowest BCUT2D eigenvalue weighted by Gasteiger charge is -2.03. The Morgan fingerprint density at radius 1 is 1.07 bits per heavy atom.